The predicted octanol–water partition coefficient (Wildman–Crippen LogP) is 3.03. The molecule has 19 heavy (non-hydrogen) atoms. The van der Waals surface area contributed by atoms with Gasteiger partial charge in [-0.3, -0.25) is 4.79 Å². The molecular formula is C15H20ClNO2. The van der Waals surface area contributed by atoms with Crippen molar-refractivity contribution in [3.8, 4) is 0 Å². The van der Waals surface area contributed by atoms with Gasteiger partial charge in [0.1, 0.15) is 0 Å². The lowest BCUT2D eigenvalue weighted by Gasteiger charge is -2.38. The van der Waals surface area contributed by atoms with Gasteiger partial charge in [-0.25, -0.2) is 0 Å². The molecule has 1 N–H and O–H groups in total. The van der Waals surface area contributed by atoms with Crippen LogP contribution in [0.2, 0.25) is 5.02 Å². The molecule has 1 aliphatic rings. The maximum absolute atomic E-state index is 12.6. The van der Waals surface area contributed by atoms with E-state index in [2.05, 4.69) is 0 Å². The number of carbonyl (C=O) groups is 1. The van der Waals surface area contributed by atoms with Crippen LogP contribution in [0.25, 0.3) is 0 Å². The molecule has 0 saturated heterocycles. The molecule has 1 fully saturated rings. The molecule has 3 nitrogen and oxygen atoms in total. The summed E-state index contributed by atoms with van der Waals surface area (Å²) in [6.07, 6.45) is 3.94. The fourth-order valence-corrected chi connectivity index (χ4v) is 2.56. The van der Waals surface area contributed by atoms with Gasteiger partial charge >= 0.3 is 0 Å². The van der Waals surface area contributed by atoms with Crippen LogP contribution in [-0.2, 0) is 0 Å². The number of carbonyl (C=O) groups excluding carboxylic acids is 1. The van der Waals surface area contributed by atoms with Gasteiger partial charge in [0.2, 0.25) is 0 Å². The van der Waals surface area contributed by atoms with E-state index in [1.807, 2.05) is 24.0 Å². The molecule has 0 bridgehead atoms. The van der Waals surface area contributed by atoms with Crippen molar-refractivity contribution in [3.05, 3.63) is 34.3 Å². The SMILES string of the molecule is Cc1c(Cl)cccc1C(=O)N(CCCO)C1CCC1. The zero-order chi connectivity index (χ0) is 13.8. The van der Waals surface area contributed by atoms with Crippen molar-refractivity contribution in [3.63, 3.8) is 0 Å². The van der Waals surface area contributed by atoms with Gasteiger partial charge in [0.05, 0.1) is 0 Å². The molecule has 0 heterocycles. The van der Waals surface area contributed by atoms with E-state index in [0.29, 0.717) is 29.6 Å². The Kier molecular flexibility index (Phi) is 4.83. The molecule has 0 unspecified atom stereocenters. The van der Waals surface area contributed by atoms with Gasteiger partial charge in [0.25, 0.3) is 5.91 Å². The number of hydrogen-bond acceptors (Lipinski definition) is 2. The van der Waals surface area contributed by atoms with E-state index in [4.69, 9.17) is 16.7 Å². The van der Waals surface area contributed by atoms with Crippen LogP contribution in [0.4, 0.5) is 0 Å². The van der Waals surface area contributed by atoms with Gasteiger partial charge in [-0.2, -0.15) is 0 Å². The minimum atomic E-state index is 0.0400. The van der Waals surface area contributed by atoms with Gasteiger partial charge < -0.3 is 10.0 Å². The van der Waals surface area contributed by atoms with Crippen molar-refractivity contribution in [2.45, 2.75) is 38.6 Å². The lowest BCUT2D eigenvalue weighted by Crippen LogP contribution is -2.45. The molecule has 0 radical (unpaired) electrons. The Morgan fingerprint density at radius 2 is 2.21 bits per heavy atom. The number of nitrogens with zero attached hydrogens (tertiary/aromatic N) is 1. The van der Waals surface area contributed by atoms with Crippen molar-refractivity contribution in [2.24, 2.45) is 0 Å². The molecule has 0 aromatic heterocycles. The highest BCUT2D eigenvalue weighted by Gasteiger charge is 2.29. The topological polar surface area (TPSA) is 40.5 Å². The standard InChI is InChI=1S/C15H20ClNO2/c1-11-13(7-3-8-14(11)16)15(19)17(9-4-10-18)12-5-2-6-12/h3,7-8,12,18H,2,4-6,9-10H2,1H3. The second-order valence-electron chi connectivity index (χ2n) is 5.07. The first-order chi connectivity index (χ1) is 9.15. The largest absolute Gasteiger partial charge is 0.396 e. The highest BCUT2D eigenvalue weighted by molar-refractivity contribution is 6.31. The van der Waals surface area contributed by atoms with Gasteiger partial charge in [-0.05, 0) is 50.3 Å². The number of benzene rings is 1. The Hall–Kier alpha value is -1.06. The minimum Gasteiger partial charge on any atom is -0.396 e. The maximum atomic E-state index is 12.6. The second kappa shape index (κ2) is 6.40. The van der Waals surface area contributed by atoms with Crippen LogP contribution in [0.5, 0.6) is 0 Å². The van der Waals surface area contributed by atoms with Crippen LogP contribution in [0.15, 0.2) is 18.2 Å². The first-order valence-corrected chi connectivity index (χ1v) is 7.20. The highest BCUT2D eigenvalue weighted by Crippen LogP contribution is 2.28. The Morgan fingerprint density at radius 1 is 1.47 bits per heavy atom. The predicted molar refractivity (Wildman–Crippen MR) is 76.6 cm³/mol. The summed E-state index contributed by atoms with van der Waals surface area (Å²) in [4.78, 5) is 14.5. The van der Waals surface area contributed by atoms with Gasteiger partial charge in [-0.15, -0.1) is 0 Å². The molecule has 1 amide bonds. The van der Waals surface area contributed by atoms with Gasteiger partial charge in [0, 0.05) is 29.8 Å². The van der Waals surface area contributed by atoms with E-state index in [1.54, 1.807) is 6.07 Å². The zero-order valence-electron chi connectivity index (χ0n) is 11.2. The van der Waals surface area contributed by atoms with Crippen molar-refractivity contribution in [2.75, 3.05) is 13.2 Å². The van der Waals surface area contributed by atoms with E-state index in [-0.39, 0.29) is 12.5 Å². The Labute approximate surface area is 119 Å². The lowest BCUT2D eigenvalue weighted by atomic mass is 9.90. The summed E-state index contributed by atoms with van der Waals surface area (Å²) < 4.78 is 0. The monoisotopic (exact) mass is 281 g/mol. The molecule has 0 spiro atoms. The van der Waals surface area contributed by atoms with E-state index in [1.165, 1.54) is 6.42 Å². The van der Waals surface area contributed by atoms with Gasteiger partial charge in [0.15, 0.2) is 0 Å². The Morgan fingerprint density at radius 3 is 2.79 bits per heavy atom. The summed E-state index contributed by atoms with van der Waals surface area (Å²) in [6.45, 7) is 2.61. The molecule has 2 rings (SSSR count). The lowest BCUT2D eigenvalue weighted by molar-refractivity contribution is 0.0562. The molecule has 1 aromatic carbocycles. The van der Waals surface area contributed by atoms with Gasteiger partial charge in [-0.1, -0.05) is 17.7 Å². The number of hydrogen-bond donors (Lipinski definition) is 1. The van der Waals surface area contributed by atoms with Crippen LogP contribution < -0.4 is 0 Å². The summed E-state index contributed by atoms with van der Waals surface area (Å²) in [5.74, 6) is 0.0400. The number of rotatable bonds is 5. The highest BCUT2D eigenvalue weighted by atomic mass is 35.5. The molecule has 0 aliphatic heterocycles. The average molecular weight is 282 g/mol. The first kappa shape index (κ1) is 14.4. The second-order valence-corrected chi connectivity index (χ2v) is 5.48. The minimum absolute atomic E-state index is 0.0400. The van der Waals surface area contributed by atoms with Crippen LogP contribution in [0.3, 0.4) is 0 Å². The number of halogens is 1. The molecule has 4 heteroatoms. The van der Waals surface area contributed by atoms with Crippen molar-refractivity contribution >= 4 is 17.5 Å². The molecule has 0 atom stereocenters. The normalized spacial score (nSPS) is 15.1. The van der Waals surface area contributed by atoms with E-state index in [0.717, 1.165) is 18.4 Å². The third-order valence-corrected chi connectivity index (χ3v) is 4.24. The number of aliphatic hydroxyl groups is 1. The molecular weight excluding hydrogens is 262 g/mol. The number of aliphatic hydroxyl groups excluding tert-OH is 1. The third kappa shape index (κ3) is 3.10. The van der Waals surface area contributed by atoms with Crippen molar-refractivity contribution in [1.82, 2.24) is 4.90 Å². The zero-order valence-corrected chi connectivity index (χ0v) is 12.0. The Balaban J connectivity index is 2.20. The van der Waals surface area contributed by atoms with Crippen LogP contribution in [0.1, 0.15) is 41.6 Å². The third-order valence-electron chi connectivity index (χ3n) is 3.83. The van der Waals surface area contributed by atoms with Crippen LogP contribution >= 0.6 is 11.6 Å². The maximum Gasteiger partial charge on any atom is 0.254 e. The smallest absolute Gasteiger partial charge is 0.254 e. The summed E-state index contributed by atoms with van der Waals surface area (Å²) in [5.41, 5.74) is 1.51. The summed E-state index contributed by atoms with van der Waals surface area (Å²) in [6, 6.07) is 5.77. The molecule has 1 aliphatic carbocycles. The fourth-order valence-electron chi connectivity index (χ4n) is 2.38. The fraction of sp³-hybridized carbons (Fsp3) is 0.533. The first-order valence-electron chi connectivity index (χ1n) is 6.82. The van der Waals surface area contributed by atoms with E-state index in [9.17, 15) is 4.79 Å². The van der Waals surface area contributed by atoms with Crippen LogP contribution in [0, 0.1) is 6.92 Å². The van der Waals surface area contributed by atoms with Crippen molar-refractivity contribution < 1.29 is 9.90 Å². The Bertz CT molecular complexity index is 457. The summed E-state index contributed by atoms with van der Waals surface area (Å²) >= 11 is 6.08. The molecule has 1 saturated carbocycles. The number of amides is 1. The molecule has 1 aromatic rings. The average Bonchev–Trinajstić information content (AvgIpc) is 2.34. The van der Waals surface area contributed by atoms with E-state index < -0.39 is 0 Å². The summed E-state index contributed by atoms with van der Waals surface area (Å²) in [7, 11) is 0. The molecule has 104 valence electrons. The summed E-state index contributed by atoms with van der Waals surface area (Å²) in [5, 5.41) is 9.61. The van der Waals surface area contributed by atoms with Crippen molar-refractivity contribution in [1.29, 1.82) is 0 Å². The van der Waals surface area contributed by atoms with Crippen LogP contribution in [-0.4, -0.2) is 35.1 Å². The van der Waals surface area contributed by atoms with E-state index >= 15 is 0 Å². The quantitative estimate of drug-likeness (QED) is 0.901.